The molecule has 84 valence electrons. The van der Waals surface area contributed by atoms with Crippen LogP contribution in [0.4, 0.5) is 4.79 Å². The second-order valence-electron chi connectivity index (χ2n) is 3.68. The van der Waals surface area contributed by atoms with E-state index >= 15 is 0 Å². The zero-order chi connectivity index (χ0) is 11.3. The van der Waals surface area contributed by atoms with Crippen molar-refractivity contribution in [2.75, 3.05) is 0 Å². The topological polar surface area (TPSA) is 41.1 Å². The summed E-state index contributed by atoms with van der Waals surface area (Å²) in [4.78, 5) is 11.4. The second-order valence-corrected chi connectivity index (χ2v) is 5.31. The van der Waals surface area contributed by atoms with Crippen LogP contribution in [0.15, 0.2) is 0 Å². The van der Waals surface area contributed by atoms with Crippen LogP contribution in [0.2, 0.25) is 0 Å². The Balaban J connectivity index is 3.87. The number of carbonyl (C=O) groups excluding carboxylic acids is 1. The normalized spacial score (nSPS) is 19.3. The fourth-order valence-electron chi connectivity index (χ4n) is 0.696. The van der Waals surface area contributed by atoms with Crippen molar-refractivity contribution in [3.8, 4) is 0 Å². The molecule has 0 aromatic rings. The van der Waals surface area contributed by atoms with Crippen LogP contribution in [0.25, 0.3) is 0 Å². The molecule has 0 spiro atoms. The number of hydrogen-bond donors (Lipinski definition) is 4. The quantitative estimate of drug-likeness (QED) is 0.551. The minimum absolute atomic E-state index is 0.0563. The number of carbonyl (C=O) groups is 1. The van der Waals surface area contributed by atoms with Gasteiger partial charge in [-0.25, -0.2) is 4.79 Å². The molecule has 0 fully saturated rings. The van der Waals surface area contributed by atoms with E-state index in [-0.39, 0.29) is 28.6 Å². The van der Waals surface area contributed by atoms with Gasteiger partial charge in [0.05, 0.1) is 0 Å². The van der Waals surface area contributed by atoms with Gasteiger partial charge in [-0.2, -0.15) is 25.3 Å². The first-order chi connectivity index (χ1) is 6.34. The zero-order valence-corrected chi connectivity index (χ0v) is 10.9. The van der Waals surface area contributed by atoms with E-state index in [0.717, 1.165) is 0 Å². The fourth-order valence-corrected chi connectivity index (χ4v) is 0.846. The minimum atomic E-state index is -0.160. The van der Waals surface area contributed by atoms with Crippen LogP contribution in [0.1, 0.15) is 27.7 Å². The summed E-state index contributed by atoms with van der Waals surface area (Å²) in [5.41, 5.74) is 0. The number of hydrogen-bond acceptors (Lipinski definition) is 3. The van der Waals surface area contributed by atoms with Crippen molar-refractivity contribution in [2.24, 2.45) is 0 Å². The maximum Gasteiger partial charge on any atom is 0.315 e. The highest BCUT2D eigenvalue weighted by atomic mass is 32.1. The largest absolute Gasteiger partial charge is 0.335 e. The first kappa shape index (κ1) is 14.0. The fraction of sp³-hybridized carbons (Fsp3) is 0.889. The Bertz CT molecular complexity index is 168. The van der Waals surface area contributed by atoms with Crippen LogP contribution in [-0.2, 0) is 0 Å². The molecule has 2 N–H and O–H groups in total. The van der Waals surface area contributed by atoms with E-state index in [1.807, 2.05) is 27.7 Å². The molecule has 0 aliphatic carbocycles. The lowest BCUT2D eigenvalue weighted by molar-refractivity contribution is 0.234. The minimum Gasteiger partial charge on any atom is -0.335 e. The summed E-state index contributed by atoms with van der Waals surface area (Å²) in [6, 6.07) is -0.0479. The molecule has 4 unspecified atom stereocenters. The lowest BCUT2D eigenvalue weighted by atomic mass is 10.2. The van der Waals surface area contributed by atoms with E-state index in [9.17, 15) is 4.79 Å². The number of urea groups is 1. The Hall–Kier alpha value is -0.0300. The molecule has 0 radical (unpaired) electrons. The molecule has 0 aliphatic rings. The van der Waals surface area contributed by atoms with Crippen molar-refractivity contribution in [1.82, 2.24) is 10.6 Å². The summed E-state index contributed by atoms with van der Waals surface area (Å²) >= 11 is 8.48. The van der Waals surface area contributed by atoms with Gasteiger partial charge in [0.25, 0.3) is 0 Å². The van der Waals surface area contributed by atoms with Gasteiger partial charge in [0.2, 0.25) is 0 Å². The Morgan fingerprint density at radius 1 is 0.929 bits per heavy atom. The molecule has 0 heterocycles. The Kier molecular flexibility index (Phi) is 6.44. The summed E-state index contributed by atoms with van der Waals surface area (Å²) in [5.74, 6) is 0. The van der Waals surface area contributed by atoms with E-state index in [4.69, 9.17) is 0 Å². The molecular weight excluding hydrogens is 216 g/mol. The highest BCUT2D eigenvalue weighted by Crippen LogP contribution is 2.01. The van der Waals surface area contributed by atoms with Crippen LogP contribution in [0.5, 0.6) is 0 Å². The van der Waals surface area contributed by atoms with Crippen LogP contribution >= 0.6 is 25.3 Å². The first-order valence-electron chi connectivity index (χ1n) is 4.77. The van der Waals surface area contributed by atoms with Gasteiger partial charge in [0.1, 0.15) is 0 Å². The Morgan fingerprint density at radius 3 is 1.43 bits per heavy atom. The van der Waals surface area contributed by atoms with E-state index in [1.165, 1.54) is 0 Å². The molecule has 0 saturated heterocycles. The van der Waals surface area contributed by atoms with Crippen molar-refractivity contribution in [3.05, 3.63) is 0 Å². The highest BCUT2D eigenvalue weighted by molar-refractivity contribution is 7.81. The van der Waals surface area contributed by atoms with Gasteiger partial charge in [-0.3, -0.25) is 0 Å². The number of rotatable bonds is 4. The number of thiol groups is 2. The van der Waals surface area contributed by atoms with Gasteiger partial charge < -0.3 is 10.6 Å². The predicted octanol–water partition coefficient (Wildman–Crippen LogP) is 1.70. The zero-order valence-electron chi connectivity index (χ0n) is 9.11. The third-order valence-corrected chi connectivity index (χ3v) is 3.06. The van der Waals surface area contributed by atoms with E-state index < -0.39 is 0 Å². The van der Waals surface area contributed by atoms with Crippen LogP contribution in [0.3, 0.4) is 0 Å². The highest BCUT2D eigenvalue weighted by Gasteiger charge is 2.14. The summed E-state index contributed by atoms with van der Waals surface area (Å²) in [5, 5.41) is 5.90. The monoisotopic (exact) mass is 236 g/mol. The first-order valence-corrected chi connectivity index (χ1v) is 5.81. The summed E-state index contributed by atoms with van der Waals surface area (Å²) in [7, 11) is 0. The van der Waals surface area contributed by atoms with Crippen molar-refractivity contribution in [3.63, 3.8) is 0 Å². The van der Waals surface area contributed by atoms with E-state index in [1.54, 1.807) is 0 Å². The van der Waals surface area contributed by atoms with Gasteiger partial charge in [0, 0.05) is 22.6 Å². The van der Waals surface area contributed by atoms with E-state index in [0.29, 0.717) is 0 Å². The second kappa shape index (κ2) is 6.45. The maximum atomic E-state index is 11.4. The smallest absolute Gasteiger partial charge is 0.315 e. The van der Waals surface area contributed by atoms with Gasteiger partial charge in [-0.15, -0.1) is 0 Å². The average molecular weight is 236 g/mol. The summed E-state index contributed by atoms with van der Waals surface area (Å²) in [6.45, 7) is 7.73. The molecule has 0 bridgehead atoms. The molecule has 0 saturated carbocycles. The SMILES string of the molecule is CC(S)C(C)NC(=O)NC(C)C(C)S. The third-order valence-electron chi connectivity index (χ3n) is 2.16. The molecule has 0 aliphatic heterocycles. The van der Waals surface area contributed by atoms with E-state index in [2.05, 4.69) is 35.9 Å². The molecule has 14 heavy (non-hydrogen) atoms. The van der Waals surface area contributed by atoms with Crippen molar-refractivity contribution in [2.45, 2.75) is 50.3 Å². The molecule has 4 atom stereocenters. The van der Waals surface area contributed by atoms with Crippen molar-refractivity contribution < 1.29 is 4.79 Å². The Labute approximate surface area is 97.2 Å². The molecule has 5 heteroatoms. The van der Waals surface area contributed by atoms with Gasteiger partial charge in [-0.05, 0) is 13.8 Å². The van der Waals surface area contributed by atoms with Crippen LogP contribution in [0, 0.1) is 0 Å². The molecule has 3 nitrogen and oxygen atoms in total. The summed E-state index contributed by atoms with van der Waals surface area (Å²) < 4.78 is 0. The average Bonchev–Trinajstić information content (AvgIpc) is 2.03. The van der Waals surface area contributed by atoms with Crippen molar-refractivity contribution >= 4 is 31.3 Å². The van der Waals surface area contributed by atoms with Crippen LogP contribution in [-0.4, -0.2) is 28.6 Å². The predicted molar refractivity (Wildman–Crippen MR) is 67.5 cm³/mol. The molecular formula is C9H20N2OS2. The molecule has 0 aromatic heterocycles. The molecule has 0 aromatic carbocycles. The standard InChI is InChI=1S/C9H20N2OS2/c1-5(7(3)13)10-9(12)11-6(2)8(4)14/h5-8,13-14H,1-4H3,(H2,10,11,12). The Morgan fingerprint density at radius 2 is 1.21 bits per heavy atom. The molecule has 2 amide bonds. The van der Waals surface area contributed by atoms with Gasteiger partial charge in [-0.1, -0.05) is 13.8 Å². The third kappa shape index (κ3) is 5.65. The lowest BCUT2D eigenvalue weighted by Gasteiger charge is -2.21. The maximum absolute atomic E-state index is 11.4. The van der Waals surface area contributed by atoms with Crippen molar-refractivity contribution in [1.29, 1.82) is 0 Å². The van der Waals surface area contributed by atoms with Gasteiger partial charge in [0.15, 0.2) is 0 Å². The summed E-state index contributed by atoms with van der Waals surface area (Å²) in [6.07, 6.45) is 0. The van der Waals surface area contributed by atoms with Crippen LogP contribution < -0.4 is 10.6 Å². The number of amides is 2. The van der Waals surface area contributed by atoms with Gasteiger partial charge >= 0.3 is 6.03 Å². The lowest BCUT2D eigenvalue weighted by Crippen LogP contribution is -2.48. The molecule has 0 rings (SSSR count). The number of nitrogens with one attached hydrogen (secondary N) is 2.